The van der Waals surface area contributed by atoms with Crippen LogP contribution in [0.1, 0.15) is 35.8 Å². The zero-order chi connectivity index (χ0) is 12.1. The van der Waals surface area contributed by atoms with E-state index in [9.17, 15) is 0 Å². The fraction of sp³-hybridized carbons (Fsp3) is 0.615. The minimum absolute atomic E-state index is 0.502. The number of nitrogens with one attached hydrogen (secondary N) is 1. The van der Waals surface area contributed by atoms with Crippen LogP contribution in [-0.2, 0) is 6.54 Å². The molecule has 90 valence electrons. The summed E-state index contributed by atoms with van der Waals surface area (Å²) in [5.41, 5.74) is 1.16. The van der Waals surface area contributed by atoms with Crippen molar-refractivity contribution >= 4 is 11.3 Å². The molecule has 0 saturated carbocycles. The van der Waals surface area contributed by atoms with Crippen molar-refractivity contribution in [2.24, 2.45) is 5.92 Å². The molecule has 1 heterocycles. The van der Waals surface area contributed by atoms with Crippen molar-refractivity contribution < 1.29 is 0 Å². The number of aromatic nitrogens is 1. The molecular formula is C13H22N2S. The molecule has 2 unspecified atom stereocenters. The van der Waals surface area contributed by atoms with Gasteiger partial charge >= 0.3 is 0 Å². The highest BCUT2D eigenvalue weighted by Crippen LogP contribution is 2.17. The Morgan fingerprint density at radius 2 is 2.12 bits per heavy atom. The van der Waals surface area contributed by atoms with E-state index in [4.69, 9.17) is 0 Å². The Kier molecular flexibility index (Phi) is 5.16. The lowest BCUT2D eigenvalue weighted by molar-refractivity contribution is 0.402. The van der Waals surface area contributed by atoms with Crippen LogP contribution in [0.15, 0.2) is 12.7 Å². The molecular weight excluding hydrogens is 216 g/mol. The van der Waals surface area contributed by atoms with E-state index in [0.29, 0.717) is 12.0 Å². The summed E-state index contributed by atoms with van der Waals surface area (Å²) >= 11 is 1.79. The number of nitrogens with zero attached hydrogens (tertiary/aromatic N) is 1. The molecule has 1 aromatic rings. The van der Waals surface area contributed by atoms with E-state index in [1.54, 1.807) is 11.3 Å². The summed E-state index contributed by atoms with van der Waals surface area (Å²) in [4.78, 5) is 5.85. The molecule has 0 bridgehead atoms. The second-order valence-electron chi connectivity index (χ2n) is 4.42. The van der Waals surface area contributed by atoms with Gasteiger partial charge in [0.15, 0.2) is 0 Å². The highest BCUT2D eigenvalue weighted by atomic mass is 32.1. The van der Waals surface area contributed by atoms with Gasteiger partial charge in [0.25, 0.3) is 0 Å². The minimum Gasteiger partial charge on any atom is -0.308 e. The van der Waals surface area contributed by atoms with Gasteiger partial charge in [-0.25, -0.2) is 4.98 Å². The topological polar surface area (TPSA) is 24.9 Å². The van der Waals surface area contributed by atoms with Gasteiger partial charge < -0.3 is 5.32 Å². The molecule has 0 fully saturated rings. The summed E-state index contributed by atoms with van der Waals surface area (Å²) < 4.78 is 0. The summed E-state index contributed by atoms with van der Waals surface area (Å²) in [7, 11) is 0. The number of rotatable bonds is 6. The second kappa shape index (κ2) is 6.16. The molecule has 0 aliphatic carbocycles. The Morgan fingerprint density at radius 3 is 2.62 bits per heavy atom. The van der Waals surface area contributed by atoms with Crippen LogP contribution in [0.5, 0.6) is 0 Å². The predicted octanol–water partition coefficient (Wildman–Crippen LogP) is 3.45. The van der Waals surface area contributed by atoms with Crippen LogP contribution >= 0.6 is 11.3 Å². The molecule has 2 atom stereocenters. The van der Waals surface area contributed by atoms with Crippen LogP contribution in [0, 0.1) is 19.8 Å². The first-order valence-corrected chi connectivity index (χ1v) is 6.63. The Hall–Kier alpha value is -0.670. The van der Waals surface area contributed by atoms with Crippen molar-refractivity contribution in [3.63, 3.8) is 0 Å². The van der Waals surface area contributed by atoms with Crippen LogP contribution in [0.4, 0.5) is 0 Å². The van der Waals surface area contributed by atoms with Gasteiger partial charge in [-0.2, -0.15) is 0 Å². The van der Waals surface area contributed by atoms with E-state index >= 15 is 0 Å². The average molecular weight is 238 g/mol. The highest BCUT2D eigenvalue weighted by molar-refractivity contribution is 7.11. The molecule has 1 rings (SSSR count). The van der Waals surface area contributed by atoms with Gasteiger partial charge in [-0.05, 0) is 33.1 Å². The number of hydrogen-bond acceptors (Lipinski definition) is 3. The Balaban J connectivity index is 2.42. The van der Waals surface area contributed by atoms with Crippen LogP contribution in [-0.4, -0.2) is 11.0 Å². The molecule has 0 aromatic carbocycles. The Morgan fingerprint density at radius 1 is 1.44 bits per heavy atom. The van der Waals surface area contributed by atoms with Crippen LogP contribution in [0.3, 0.4) is 0 Å². The highest BCUT2D eigenvalue weighted by Gasteiger charge is 2.11. The maximum atomic E-state index is 4.52. The second-order valence-corrected chi connectivity index (χ2v) is 5.71. The maximum absolute atomic E-state index is 4.52. The zero-order valence-corrected chi connectivity index (χ0v) is 11.5. The molecule has 16 heavy (non-hydrogen) atoms. The average Bonchev–Trinajstić information content (AvgIpc) is 2.55. The van der Waals surface area contributed by atoms with Gasteiger partial charge in [0.05, 0.1) is 5.69 Å². The number of allylic oxidation sites excluding steroid dienone is 1. The van der Waals surface area contributed by atoms with E-state index < -0.39 is 0 Å². The fourth-order valence-electron chi connectivity index (χ4n) is 1.53. The Bertz CT molecular complexity index is 324. The van der Waals surface area contributed by atoms with Crippen molar-refractivity contribution in [1.82, 2.24) is 10.3 Å². The van der Waals surface area contributed by atoms with Gasteiger partial charge in [0, 0.05) is 17.5 Å². The van der Waals surface area contributed by atoms with Gasteiger partial charge in [0.2, 0.25) is 0 Å². The number of hydrogen-bond donors (Lipinski definition) is 1. The summed E-state index contributed by atoms with van der Waals surface area (Å²) in [6.45, 7) is 13.3. The third-order valence-electron chi connectivity index (χ3n) is 3.04. The van der Waals surface area contributed by atoms with Gasteiger partial charge in [0.1, 0.15) is 5.01 Å². The molecule has 0 spiro atoms. The monoisotopic (exact) mass is 238 g/mol. The maximum Gasteiger partial charge on any atom is 0.107 e. The smallest absolute Gasteiger partial charge is 0.107 e. The van der Waals surface area contributed by atoms with Crippen molar-refractivity contribution in [3.05, 3.63) is 28.2 Å². The lowest BCUT2D eigenvalue weighted by atomic mass is 10.00. The van der Waals surface area contributed by atoms with E-state index in [1.807, 2.05) is 6.08 Å². The minimum atomic E-state index is 0.502. The Labute approximate surface area is 103 Å². The van der Waals surface area contributed by atoms with E-state index in [2.05, 4.69) is 44.6 Å². The first-order chi connectivity index (χ1) is 7.54. The van der Waals surface area contributed by atoms with Crippen molar-refractivity contribution in [2.45, 2.75) is 46.7 Å². The number of aryl methyl sites for hydroxylation is 2. The molecule has 1 aromatic heterocycles. The predicted molar refractivity (Wildman–Crippen MR) is 71.9 cm³/mol. The van der Waals surface area contributed by atoms with Crippen molar-refractivity contribution in [3.8, 4) is 0 Å². The quantitative estimate of drug-likeness (QED) is 0.768. The van der Waals surface area contributed by atoms with E-state index in [1.165, 1.54) is 9.88 Å². The molecule has 0 aliphatic heterocycles. The number of thiazole rings is 1. The lowest BCUT2D eigenvalue weighted by Crippen LogP contribution is -2.31. The zero-order valence-electron chi connectivity index (χ0n) is 10.7. The van der Waals surface area contributed by atoms with Crippen molar-refractivity contribution in [1.29, 1.82) is 0 Å². The first-order valence-electron chi connectivity index (χ1n) is 5.81. The molecule has 2 nitrogen and oxygen atoms in total. The van der Waals surface area contributed by atoms with Crippen molar-refractivity contribution in [2.75, 3.05) is 0 Å². The van der Waals surface area contributed by atoms with Crippen LogP contribution in [0.2, 0.25) is 0 Å². The molecule has 0 aliphatic rings. The van der Waals surface area contributed by atoms with Gasteiger partial charge in [-0.3, -0.25) is 0 Å². The standard InChI is InChI=1S/C13H22N2S/c1-6-7-9(2)10(3)14-8-13-15-11(4)12(5)16-13/h6,9-10,14H,1,7-8H2,2-5H3. The fourth-order valence-corrected chi connectivity index (χ4v) is 2.42. The summed E-state index contributed by atoms with van der Waals surface area (Å²) in [6.07, 6.45) is 3.05. The molecule has 1 N–H and O–H groups in total. The van der Waals surface area contributed by atoms with E-state index in [-0.39, 0.29) is 0 Å². The van der Waals surface area contributed by atoms with E-state index in [0.717, 1.165) is 18.7 Å². The van der Waals surface area contributed by atoms with Crippen LogP contribution in [0.25, 0.3) is 0 Å². The van der Waals surface area contributed by atoms with Crippen LogP contribution < -0.4 is 5.32 Å². The SMILES string of the molecule is C=CCC(C)C(C)NCc1nc(C)c(C)s1. The third kappa shape index (κ3) is 3.72. The molecule has 0 saturated heterocycles. The summed E-state index contributed by atoms with van der Waals surface area (Å²) in [5, 5.41) is 4.71. The first kappa shape index (κ1) is 13.4. The lowest BCUT2D eigenvalue weighted by Gasteiger charge is -2.19. The molecule has 0 radical (unpaired) electrons. The molecule has 3 heteroatoms. The normalized spacial score (nSPS) is 14.8. The van der Waals surface area contributed by atoms with Gasteiger partial charge in [-0.1, -0.05) is 13.0 Å². The summed E-state index contributed by atoms with van der Waals surface area (Å²) in [5.74, 6) is 0.625. The van der Waals surface area contributed by atoms with Gasteiger partial charge in [-0.15, -0.1) is 17.9 Å². The molecule has 0 amide bonds. The third-order valence-corrected chi connectivity index (χ3v) is 4.11. The largest absolute Gasteiger partial charge is 0.308 e. The summed E-state index contributed by atoms with van der Waals surface area (Å²) in [6, 6.07) is 0.502.